The Morgan fingerprint density at radius 2 is 1.64 bits per heavy atom. The highest BCUT2D eigenvalue weighted by Gasteiger charge is 2.14. The molecule has 4 rings (SSSR count). The van der Waals surface area contributed by atoms with Gasteiger partial charge in [-0.25, -0.2) is 4.98 Å². The number of fused-ring (bicyclic) bond motifs is 3. The summed E-state index contributed by atoms with van der Waals surface area (Å²) in [7, 11) is 3.26. The maximum absolute atomic E-state index is 5.46. The summed E-state index contributed by atoms with van der Waals surface area (Å²) in [5.41, 5.74) is 5.08. The summed E-state index contributed by atoms with van der Waals surface area (Å²) in [6.07, 6.45) is 4.65. The molecular weight excluding hydrogens is 314 g/mol. The van der Waals surface area contributed by atoms with Crippen molar-refractivity contribution in [3.8, 4) is 17.2 Å². The van der Waals surface area contributed by atoms with Crippen molar-refractivity contribution in [2.75, 3.05) is 14.2 Å². The molecule has 0 radical (unpaired) electrons. The Labute approximate surface area is 145 Å². The van der Waals surface area contributed by atoms with Gasteiger partial charge in [-0.15, -0.1) is 0 Å². The smallest absolute Gasteiger partial charge is 0.162 e. The number of imidazole rings is 1. The van der Waals surface area contributed by atoms with Gasteiger partial charge in [0.1, 0.15) is 11.8 Å². The predicted octanol–water partition coefficient (Wildman–Crippen LogP) is 4.15. The van der Waals surface area contributed by atoms with Crippen LogP contribution in [0.4, 0.5) is 0 Å². The van der Waals surface area contributed by atoms with E-state index in [4.69, 9.17) is 9.47 Å². The van der Waals surface area contributed by atoms with Crippen LogP contribution in [-0.2, 0) is 6.42 Å². The molecule has 5 heteroatoms. The van der Waals surface area contributed by atoms with Crippen LogP contribution >= 0.6 is 0 Å². The van der Waals surface area contributed by atoms with E-state index < -0.39 is 0 Å². The number of hydrogen-bond acceptors (Lipinski definition) is 4. The number of pyridine rings is 1. The fraction of sp³-hybridized carbons (Fsp3) is 0.200. The second-order valence-corrected chi connectivity index (χ2v) is 5.85. The van der Waals surface area contributed by atoms with E-state index in [9.17, 15) is 0 Å². The van der Waals surface area contributed by atoms with Gasteiger partial charge in [-0.1, -0.05) is 19.1 Å². The van der Waals surface area contributed by atoms with Gasteiger partial charge < -0.3 is 9.47 Å². The fourth-order valence-corrected chi connectivity index (χ4v) is 3.11. The first kappa shape index (κ1) is 15.4. The molecule has 0 N–H and O–H groups in total. The standard InChI is InChI=1S/C20H19N3O2/c1-4-13-5-7-14(8-6-13)23-12-22-17-11-21-16-10-19(25-3)18(24-2)9-15(16)20(17)23/h5-12H,4H2,1-3H3. The molecule has 2 heterocycles. The largest absolute Gasteiger partial charge is 0.493 e. The highest BCUT2D eigenvalue weighted by Crippen LogP contribution is 2.35. The van der Waals surface area contributed by atoms with Gasteiger partial charge in [-0.2, -0.15) is 0 Å². The summed E-state index contributed by atoms with van der Waals surface area (Å²) < 4.78 is 12.9. The lowest BCUT2D eigenvalue weighted by Crippen LogP contribution is -1.96. The van der Waals surface area contributed by atoms with Gasteiger partial charge in [-0.05, 0) is 30.2 Å². The quantitative estimate of drug-likeness (QED) is 0.563. The first-order valence-electron chi connectivity index (χ1n) is 8.22. The molecule has 25 heavy (non-hydrogen) atoms. The normalized spacial score (nSPS) is 11.2. The lowest BCUT2D eigenvalue weighted by Gasteiger charge is -2.11. The van der Waals surface area contributed by atoms with Crippen molar-refractivity contribution < 1.29 is 9.47 Å². The van der Waals surface area contributed by atoms with Crippen molar-refractivity contribution in [1.82, 2.24) is 14.5 Å². The summed E-state index contributed by atoms with van der Waals surface area (Å²) in [4.78, 5) is 9.03. The number of nitrogens with zero attached hydrogens (tertiary/aromatic N) is 3. The number of aromatic nitrogens is 3. The molecular formula is C20H19N3O2. The number of hydrogen-bond donors (Lipinski definition) is 0. The Kier molecular flexibility index (Phi) is 3.76. The average Bonchev–Trinajstić information content (AvgIpc) is 3.11. The Balaban J connectivity index is 2.00. The van der Waals surface area contributed by atoms with E-state index in [-0.39, 0.29) is 0 Å². The fourth-order valence-electron chi connectivity index (χ4n) is 3.11. The molecule has 0 saturated heterocycles. The molecule has 0 fully saturated rings. The minimum Gasteiger partial charge on any atom is -0.493 e. The zero-order valence-electron chi connectivity index (χ0n) is 14.5. The maximum atomic E-state index is 5.46. The molecule has 5 nitrogen and oxygen atoms in total. The molecule has 0 bridgehead atoms. The Bertz CT molecular complexity index is 1050. The van der Waals surface area contributed by atoms with Crippen molar-refractivity contribution in [2.24, 2.45) is 0 Å². The van der Waals surface area contributed by atoms with Gasteiger partial charge in [0.2, 0.25) is 0 Å². The number of ether oxygens (including phenoxy) is 2. The van der Waals surface area contributed by atoms with Crippen molar-refractivity contribution in [3.63, 3.8) is 0 Å². The van der Waals surface area contributed by atoms with Crippen LogP contribution in [0, 0.1) is 0 Å². The van der Waals surface area contributed by atoms with Crippen molar-refractivity contribution >= 4 is 21.9 Å². The zero-order chi connectivity index (χ0) is 17.4. The van der Waals surface area contributed by atoms with Crippen LogP contribution in [0.1, 0.15) is 12.5 Å². The molecule has 0 amide bonds. The Hall–Kier alpha value is -3.08. The molecule has 0 atom stereocenters. The van der Waals surface area contributed by atoms with Crippen molar-refractivity contribution in [1.29, 1.82) is 0 Å². The molecule has 0 unspecified atom stereocenters. The van der Waals surface area contributed by atoms with E-state index in [1.807, 2.05) is 18.5 Å². The zero-order valence-corrected chi connectivity index (χ0v) is 14.5. The van der Waals surface area contributed by atoms with E-state index in [0.29, 0.717) is 11.5 Å². The van der Waals surface area contributed by atoms with Crippen molar-refractivity contribution in [3.05, 3.63) is 54.5 Å². The van der Waals surface area contributed by atoms with E-state index in [2.05, 4.69) is 45.7 Å². The van der Waals surface area contributed by atoms with Crippen LogP contribution in [0.25, 0.3) is 27.6 Å². The van der Waals surface area contributed by atoms with Crippen LogP contribution in [0.5, 0.6) is 11.5 Å². The number of aryl methyl sites for hydroxylation is 1. The molecule has 2 aromatic heterocycles. The van der Waals surface area contributed by atoms with Gasteiger partial charge in [0.25, 0.3) is 0 Å². The van der Waals surface area contributed by atoms with E-state index in [1.165, 1.54) is 5.56 Å². The molecule has 0 aliphatic heterocycles. The van der Waals surface area contributed by atoms with Crippen LogP contribution in [0.2, 0.25) is 0 Å². The lowest BCUT2D eigenvalue weighted by molar-refractivity contribution is 0.356. The molecule has 0 saturated carbocycles. The second-order valence-electron chi connectivity index (χ2n) is 5.85. The second kappa shape index (κ2) is 6.09. The van der Waals surface area contributed by atoms with Crippen LogP contribution in [0.3, 0.4) is 0 Å². The molecule has 126 valence electrons. The molecule has 0 aliphatic carbocycles. The van der Waals surface area contributed by atoms with Crippen LogP contribution < -0.4 is 9.47 Å². The predicted molar refractivity (Wildman–Crippen MR) is 98.9 cm³/mol. The third-order valence-electron chi connectivity index (χ3n) is 4.50. The Morgan fingerprint density at radius 1 is 0.920 bits per heavy atom. The Morgan fingerprint density at radius 3 is 2.32 bits per heavy atom. The monoisotopic (exact) mass is 333 g/mol. The van der Waals surface area contributed by atoms with E-state index in [0.717, 1.165) is 34.0 Å². The topological polar surface area (TPSA) is 49.2 Å². The van der Waals surface area contributed by atoms with Gasteiger partial charge >= 0.3 is 0 Å². The minimum atomic E-state index is 0.667. The third kappa shape index (κ3) is 2.48. The average molecular weight is 333 g/mol. The summed E-state index contributed by atoms with van der Waals surface area (Å²) in [5.74, 6) is 1.35. The summed E-state index contributed by atoms with van der Waals surface area (Å²) in [5, 5.41) is 0.979. The summed E-state index contributed by atoms with van der Waals surface area (Å²) >= 11 is 0. The van der Waals surface area contributed by atoms with Crippen LogP contribution in [-0.4, -0.2) is 28.8 Å². The van der Waals surface area contributed by atoms with Gasteiger partial charge in [-0.3, -0.25) is 9.55 Å². The summed E-state index contributed by atoms with van der Waals surface area (Å²) in [6.45, 7) is 2.15. The lowest BCUT2D eigenvalue weighted by atomic mass is 10.1. The highest BCUT2D eigenvalue weighted by molar-refractivity contribution is 6.04. The maximum Gasteiger partial charge on any atom is 0.162 e. The number of benzene rings is 2. The first-order chi connectivity index (χ1) is 12.2. The van der Waals surface area contributed by atoms with Crippen molar-refractivity contribution in [2.45, 2.75) is 13.3 Å². The van der Waals surface area contributed by atoms with Gasteiger partial charge in [0, 0.05) is 17.1 Å². The molecule has 4 aromatic rings. The van der Waals surface area contributed by atoms with E-state index in [1.54, 1.807) is 20.4 Å². The SMILES string of the molecule is CCc1ccc(-n2cnc3cnc4cc(OC)c(OC)cc4c32)cc1. The summed E-state index contributed by atoms with van der Waals surface area (Å²) in [6, 6.07) is 12.4. The third-order valence-corrected chi connectivity index (χ3v) is 4.50. The first-order valence-corrected chi connectivity index (χ1v) is 8.22. The van der Waals surface area contributed by atoms with Gasteiger partial charge in [0.05, 0.1) is 31.4 Å². The van der Waals surface area contributed by atoms with Crippen LogP contribution in [0.15, 0.2) is 48.9 Å². The number of rotatable bonds is 4. The highest BCUT2D eigenvalue weighted by atomic mass is 16.5. The van der Waals surface area contributed by atoms with E-state index >= 15 is 0 Å². The molecule has 2 aromatic carbocycles. The minimum absolute atomic E-state index is 0.667. The molecule has 0 aliphatic rings. The van der Waals surface area contributed by atoms with Gasteiger partial charge in [0.15, 0.2) is 11.5 Å². The molecule has 0 spiro atoms. The number of methoxy groups -OCH3 is 2.